The normalized spacial score (nSPS) is 11.4. The molecule has 39 heavy (non-hydrogen) atoms. The Morgan fingerprint density at radius 3 is 2.49 bits per heavy atom. The molecule has 5 aromatic rings. The lowest BCUT2D eigenvalue weighted by Crippen LogP contribution is -2.22. The van der Waals surface area contributed by atoms with E-state index in [9.17, 15) is 18.4 Å². The SMILES string of the molecule is CC(C)(C)c1cc(NC(=O)Nc2ccc(Oc3ccnc4[nH]c(=O)cnc34)c(F)c2F)n(-c2ccccc2)n1. The van der Waals surface area contributed by atoms with Gasteiger partial charge in [-0.3, -0.25) is 10.1 Å². The molecule has 0 saturated carbocycles. The number of hydrogen-bond donors (Lipinski definition) is 3. The Hall–Kier alpha value is -5.13. The molecule has 0 atom stereocenters. The summed E-state index contributed by atoms with van der Waals surface area (Å²) in [6, 6.07) is 13.8. The number of urea groups is 1. The second-order valence-electron chi connectivity index (χ2n) is 9.59. The molecule has 0 radical (unpaired) electrons. The van der Waals surface area contributed by atoms with Crippen LogP contribution in [0.3, 0.4) is 0 Å². The molecule has 3 N–H and O–H groups in total. The number of carbonyl (C=O) groups is 1. The second kappa shape index (κ2) is 9.97. The van der Waals surface area contributed by atoms with Gasteiger partial charge in [0.2, 0.25) is 5.82 Å². The third-order valence-corrected chi connectivity index (χ3v) is 5.67. The fraction of sp³-hybridized carbons (Fsp3) is 0.148. The third-order valence-electron chi connectivity index (χ3n) is 5.67. The molecule has 0 bridgehead atoms. The number of fused-ring (bicyclic) bond motifs is 1. The first-order valence-electron chi connectivity index (χ1n) is 11.8. The van der Waals surface area contributed by atoms with E-state index in [0.717, 1.165) is 18.0 Å². The maximum Gasteiger partial charge on any atom is 0.324 e. The van der Waals surface area contributed by atoms with Crippen LogP contribution < -0.4 is 20.9 Å². The molecule has 3 aromatic heterocycles. The van der Waals surface area contributed by atoms with Gasteiger partial charge in [0.25, 0.3) is 5.56 Å². The van der Waals surface area contributed by atoms with Crippen molar-refractivity contribution in [1.29, 1.82) is 0 Å². The van der Waals surface area contributed by atoms with Crippen LogP contribution in [0.5, 0.6) is 11.5 Å². The number of pyridine rings is 1. The highest BCUT2D eigenvalue weighted by Crippen LogP contribution is 2.32. The highest BCUT2D eigenvalue weighted by Gasteiger charge is 2.23. The number of ether oxygens (including phenoxy) is 1. The van der Waals surface area contributed by atoms with Crippen LogP contribution in [0.2, 0.25) is 0 Å². The molecule has 0 aliphatic rings. The summed E-state index contributed by atoms with van der Waals surface area (Å²) in [5, 5.41) is 9.61. The number of amides is 2. The first-order valence-corrected chi connectivity index (χ1v) is 11.8. The maximum atomic E-state index is 14.9. The topological polar surface area (TPSA) is 127 Å². The lowest BCUT2D eigenvalue weighted by Gasteiger charge is -2.14. The largest absolute Gasteiger partial charge is 0.452 e. The molecule has 198 valence electrons. The van der Waals surface area contributed by atoms with Crippen LogP contribution in [0, 0.1) is 11.6 Å². The Morgan fingerprint density at radius 1 is 0.974 bits per heavy atom. The van der Waals surface area contributed by atoms with E-state index in [1.807, 2.05) is 51.1 Å². The van der Waals surface area contributed by atoms with E-state index in [1.165, 1.54) is 18.3 Å². The number of carbonyl (C=O) groups excluding carboxylic acids is 1. The van der Waals surface area contributed by atoms with Crippen LogP contribution in [0.25, 0.3) is 16.9 Å². The summed E-state index contributed by atoms with van der Waals surface area (Å²) in [5.41, 5.74) is 0.541. The van der Waals surface area contributed by atoms with Crippen LogP contribution in [0.15, 0.2) is 71.8 Å². The number of hydrogen-bond acceptors (Lipinski definition) is 6. The fourth-order valence-electron chi connectivity index (χ4n) is 3.71. The van der Waals surface area contributed by atoms with Crippen molar-refractivity contribution < 1.29 is 18.3 Å². The predicted octanol–water partition coefficient (Wildman–Crippen LogP) is 5.52. The maximum absolute atomic E-state index is 14.9. The number of halogens is 2. The van der Waals surface area contributed by atoms with Crippen LogP contribution in [-0.2, 0) is 5.41 Å². The van der Waals surface area contributed by atoms with E-state index in [1.54, 1.807) is 10.7 Å². The quantitative estimate of drug-likeness (QED) is 0.274. The minimum Gasteiger partial charge on any atom is -0.452 e. The van der Waals surface area contributed by atoms with Crippen molar-refractivity contribution in [2.24, 2.45) is 0 Å². The minimum absolute atomic E-state index is 0.0526. The lowest BCUT2D eigenvalue weighted by molar-refractivity contribution is 0.262. The molecular formula is C27H23F2N7O3. The Bertz CT molecular complexity index is 1740. The van der Waals surface area contributed by atoms with Gasteiger partial charge in [-0.25, -0.2) is 23.8 Å². The summed E-state index contributed by atoms with van der Waals surface area (Å²) >= 11 is 0. The van der Waals surface area contributed by atoms with Crippen LogP contribution in [0.4, 0.5) is 25.1 Å². The summed E-state index contributed by atoms with van der Waals surface area (Å²) in [4.78, 5) is 34.7. The highest BCUT2D eigenvalue weighted by atomic mass is 19.2. The number of nitrogens with one attached hydrogen (secondary N) is 3. The molecule has 0 saturated heterocycles. The number of aromatic amines is 1. The van der Waals surface area contributed by atoms with Crippen molar-refractivity contribution in [3.63, 3.8) is 0 Å². The van der Waals surface area contributed by atoms with Crippen molar-refractivity contribution in [2.45, 2.75) is 26.2 Å². The second-order valence-corrected chi connectivity index (χ2v) is 9.59. The molecule has 5 rings (SSSR count). The number of aromatic nitrogens is 5. The summed E-state index contributed by atoms with van der Waals surface area (Å²) < 4.78 is 37.0. The number of nitrogens with zero attached hydrogens (tertiary/aromatic N) is 4. The van der Waals surface area contributed by atoms with E-state index in [2.05, 4.69) is 30.7 Å². The Kier molecular flexibility index (Phi) is 6.52. The van der Waals surface area contributed by atoms with Gasteiger partial charge >= 0.3 is 6.03 Å². The number of benzene rings is 2. The molecule has 2 aromatic carbocycles. The monoisotopic (exact) mass is 531 g/mol. The van der Waals surface area contributed by atoms with Crippen LogP contribution >= 0.6 is 0 Å². The Labute approximate surface area is 220 Å². The number of rotatable bonds is 5. The molecule has 0 spiro atoms. The fourth-order valence-corrected chi connectivity index (χ4v) is 3.71. The van der Waals surface area contributed by atoms with E-state index in [0.29, 0.717) is 11.5 Å². The number of H-pyrrole nitrogens is 1. The van der Waals surface area contributed by atoms with Gasteiger partial charge in [0.05, 0.1) is 23.3 Å². The first kappa shape index (κ1) is 25.5. The molecule has 0 aliphatic heterocycles. The number of anilines is 2. The smallest absolute Gasteiger partial charge is 0.324 e. The molecule has 0 fully saturated rings. The lowest BCUT2D eigenvalue weighted by atomic mass is 9.92. The van der Waals surface area contributed by atoms with Crippen molar-refractivity contribution in [2.75, 3.05) is 10.6 Å². The molecule has 0 unspecified atom stereocenters. The zero-order valence-corrected chi connectivity index (χ0v) is 21.1. The molecule has 10 nitrogen and oxygen atoms in total. The van der Waals surface area contributed by atoms with Gasteiger partial charge in [0.15, 0.2) is 23.0 Å². The van der Waals surface area contributed by atoms with Crippen LogP contribution in [-0.4, -0.2) is 30.8 Å². The average Bonchev–Trinajstić information content (AvgIpc) is 3.33. The zero-order valence-electron chi connectivity index (χ0n) is 21.1. The van der Waals surface area contributed by atoms with Gasteiger partial charge in [-0.15, -0.1) is 0 Å². The molecule has 12 heteroatoms. The van der Waals surface area contributed by atoms with Crippen molar-refractivity contribution in [3.05, 3.63) is 94.7 Å². The van der Waals surface area contributed by atoms with E-state index < -0.39 is 34.7 Å². The van der Waals surface area contributed by atoms with Gasteiger partial charge < -0.3 is 15.0 Å². The van der Waals surface area contributed by atoms with E-state index >= 15 is 0 Å². The van der Waals surface area contributed by atoms with Gasteiger partial charge in [-0.1, -0.05) is 39.0 Å². The van der Waals surface area contributed by atoms with Gasteiger partial charge in [0.1, 0.15) is 11.3 Å². The summed E-state index contributed by atoms with van der Waals surface area (Å²) in [7, 11) is 0. The first-order chi connectivity index (χ1) is 18.6. The van der Waals surface area contributed by atoms with Gasteiger partial charge in [0, 0.05) is 23.7 Å². The Balaban J connectivity index is 1.38. The van der Waals surface area contributed by atoms with E-state index in [4.69, 9.17) is 4.74 Å². The van der Waals surface area contributed by atoms with Crippen molar-refractivity contribution in [3.8, 4) is 17.2 Å². The average molecular weight is 532 g/mol. The van der Waals surface area contributed by atoms with Gasteiger partial charge in [-0.05, 0) is 24.3 Å². The third kappa shape index (κ3) is 5.30. The molecular weight excluding hydrogens is 508 g/mol. The molecule has 3 heterocycles. The van der Waals surface area contributed by atoms with Crippen molar-refractivity contribution in [1.82, 2.24) is 24.7 Å². The Morgan fingerprint density at radius 2 is 1.74 bits per heavy atom. The summed E-state index contributed by atoms with van der Waals surface area (Å²) in [5.74, 6) is -2.70. The minimum atomic E-state index is -1.33. The number of para-hydroxylation sites is 1. The van der Waals surface area contributed by atoms with Crippen molar-refractivity contribution >= 4 is 28.7 Å². The standard InChI is InChI=1S/C27H23F2N7O3/c1-27(2,3)19-13-20(36(35-19)15-7-5-4-6-8-15)33-26(38)32-16-9-10-17(23(29)22(16)28)39-18-11-12-30-25-24(18)31-14-21(37)34-25/h4-14H,1-3H3,(H,30,34,37)(H2,32,33,38). The highest BCUT2D eigenvalue weighted by molar-refractivity contribution is 5.99. The molecule has 0 aliphatic carbocycles. The summed E-state index contributed by atoms with van der Waals surface area (Å²) in [6.45, 7) is 5.96. The van der Waals surface area contributed by atoms with E-state index in [-0.39, 0.29) is 22.3 Å². The summed E-state index contributed by atoms with van der Waals surface area (Å²) in [6.07, 6.45) is 2.35. The van der Waals surface area contributed by atoms with Crippen LogP contribution in [0.1, 0.15) is 26.5 Å². The molecule has 2 amide bonds. The van der Waals surface area contributed by atoms with Gasteiger partial charge in [-0.2, -0.15) is 9.49 Å². The predicted molar refractivity (Wildman–Crippen MR) is 141 cm³/mol. The zero-order chi connectivity index (χ0) is 27.7.